The third-order valence-corrected chi connectivity index (χ3v) is 7.93. The largest absolute Gasteiger partial charge is 0.488 e. The van der Waals surface area contributed by atoms with Gasteiger partial charge in [-0.25, -0.2) is 0 Å². The number of carbonyl (C=O) groups is 1. The van der Waals surface area contributed by atoms with Gasteiger partial charge in [0.1, 0.15) is 24.7 Å². The normalized spacial score (nSPS) is 15.0. The molecule has 210 valence electrons. The summed E-state index contributed by atoms with van der Waals surface area (Å²) in [6.45, 7) is 6.91. The molecule has 1 amide bonds. The summed E-state index contributed by atoms with van der Waals surface area (Å²) in [5, 5.41) is 3.79. The lowest BCUT2D eigenvalue weighted by molar-refractivity contribution is 0.0746. The van der Waals surface area contributed by atoms with Crippen molar-refractivity contribution in [1.82, 2.24) is 15.1 Å². The monoisotopic (exact) mass is 567 g/mol. The van der Waals surface area contributed by atoms with Crippen LogP contribution >= 0.6 is 11.6 Å². The number of carbonyl (C=O) groups excluding carboxylic acids is 1. The second-order valence-corrected chi connectivity index (χ2v) is 11.0. The van der Waals surface area contributed by atoms with Crippen molar-refractivity contribution in [3.05, 3.63) is 129 Å². The molecule has 41 heavy (non-hydrogen) atoms. The lowest BCUT2D eigenvalue weighted by Crippen LogP contribution is -2.42. The Morgan fingerprint density at radius 2 is 1.37 bits per heavy atom. The fourth-order valence-corrected chi connectivity index (χ4v) is 5.61. The highest BCUT2D eigenvalue weighted by atomic mass is 35.5. The molecule has 4 aromatic carbocycles. The molecule has 0 unspecified atom stereocenters. The Morgan fingerprint density at radius 3 is 2.05 bits per heavy atom. The van der Waals surface area contributed by atoms with Crippen LogP contribution in [0.2, 0.25) is 5.02 Å². The van der Waals surface area contributed by atoms with Gasteiger partial charge in [0.05, 0.1) is 10.6 Å². The molecule has 1 saturated heterocycles. The first-order chi connectivity index (χ1) is 20.1. The van der Waals surface area contributed by atoms with Gasteiger partial charge in [0, 0.05) is 51.9 Å². The summed E-state index contributed by atoms with van der Waals surface area (Å²) < 4.78 is 12.3. The summed E-state index contributed by atoms with van der Waals surface area (Å²) in [7, 11) is 0. The predicted octanol–water partition coefficient (Wildman–Crippen LogP) is 6.06. The van der Waals surface area contributed by atoms with Crippen molar-refractivity contribution in [2.75, 3.05) is 26.2 Å². The summed E-state index contributed by atoms with van der Waals surface area (Å²) in [6, 6.07) is 29.9. The Hall–Kier alpha value is -3.84. The van der Waals surface area contributed by atoms with Gasteiger partial charge in [0.15, 0.2) is 0 Å². The van der Waals surface area contributed by atoms with Crippen molar-refractivity contribution in [3.8, 4) is 11.5 Å². The summed E-state index contributed by atoms with van der Waals surface area (Å²) in [5.74, 6) is 0.837. The Bertz CT molecular complexity index is 1490. The zero-order valence-electron chi connectivity index (χ0n) is 23.0. The molecule has 1 N–H and O–H groups in total. The van der Waals surface area contributed by atoms with Crippen LogP contribution in [-0.4, -0.2) is 41.9 Å². The van der Waals surface area contributed by atoms with Crippen LogP contribution in [0, 0.1) is 0 Å². The Balaban J connectivity index is 1.21. The van der Waals surface area contributed by atoms with E-state index in [9.17, 15) is 4.79 Å². The first-order valence-corrected chi connectivity index (χ1v) is 14.5. The van der Waals surface area contributed by atoms with E-state index in [-0.39, 0.29) is 5.91 Å². The molecule has 4 aromatic rings. The number of nitrogens with zero attached hydrogens (tertiary/aromatic N) is 2. The molecular weight excluding hydrogens is 534 g/mol. The van der Waals surface area contributed by atoms with E-state index < -0.39 is 0 Å². The molecule has 0 spiro atoms. The van der Waals surface area contributed by atoms with Crippen LogP contribution in [0.1, 0.15) is 38.2 Å². The van der Waals surface area contributed by atoms with Gasteiger partial charge in [-0.15, -0.1) is 0 Å². The third-order valence-electron chi connectivity index (χ3n) is 7.63. The molecule has 2 heterocycles. The fraction of sp³-hybridized carbons (Fsp3) is 0.265. The quantitative estimate of drug-likeness (QED) is 0.266. The Morgan fingerprint density at radius 1 is 0.732 bits per heavy atom. The van der Waals surface area contributed by atoms with Crippen molar-refractivity contribution in [2.24, 2.45) is 0 Å². The molecule has 7 heteroatoms. The average Bonchev–Trinajstić information content (AvgIpc) is 3.44. The predicted molar refractivity (Wildman–Crippen MR) is 161 cm³/mol. The molecule has 2 aliphatic rings. The van der Waals surface area contributed by atoms with Crippen LogP contribution in [-0.2, 0) is 32.8 Å². The average molecular weight is 568 g/mol. The van der Waals surface area contributed by atoms with Crippen LogP contribution < -0.4 is 14.8 Å². The lowest BCUT2D eigenvalue weighted by Gasteiger charge is -2.27. The molecule has 1 fully saturated rings. The second-order valence-electron chi connectivity index (χ2n) is 10.6. The molecule has 0 atom stereocenters. The van der Waals surface area contributed by atoms with Gasteiger partial charge < -0.3 is 19.7 Å². The summed E-state index contributed by atoms with van der Waals surface area (Å²) >= 11 is 6.68. The van der Waals surface area contributed by atoms with E-state index in [0.29, 0.717) is 48.4 Å². The van der Waals surface area contributed by atoms with E-state index >= 15 is 0 Å². The van der Waals surface area contributed by atoms with Crippen LogP contribution in [0.5, 0.6) is 11.5 Å². The van der Waals surface area contributed by atoms with Crippen molar-refractivity contribution in [3.63, 3.8) is 0 Å². The van der Waals surface area contributed by atoms with Crippen molar-refractivity contribution in [2.45, 2.75) is 32.8 Å². The van der Waals surface area contributed by atoms with E-state index in [4.69, 9.17) is 21.1 Å². The molecule has 0 bridgehead atoms. The molecule has 0 aliphatic carbocycles. The SMILES string of the molecule is O=C(c1cc(Cl)c(OCc2ccccc2)cc1OCc1ccccc1)N1Cc2ccc(CN3CCNCC3)cc2C1. The minimum absolute atomic E-state index is 0.107. The van der Waals surface area contributed by atoms with Crippen molar-refractivity contribution in [1.29, 1.82) is 0 Å². The van der Waals surface area contributed by atoms with E-state index in [2.05, 4.69) is 28.4 Å². The van der Waals surface area contributed by atoms with Gasteiger partial charge in [-0.05, 0) is 33.9 Å². The number of piperazine rings is 1. The van der Waals surface area contributed by atoms with Crippen molar-refractivity contribution >= 4 is 17.5 Å². The zero-order chi connectivity index (χ0) is 28.0. The molecule has 6 nitrogen and oxygen atoms in total. The first-order valence-electron chi connectivity index (χ1n) is 14.1. The minimum atomic E-state index is -0.107. The molecule has 0 radical (unpaired) electrons. The van der Waals surface area contributed by atoms with Crippen molar-refractivity contribution < 1.29 is 14.3 Å². The zero-order valence-corrected chi connectivity index (χ0v) is 23.8. The standard InChI is InChI=1S/C34H34ClN3O3/c35-31-18-30(34(39)38-21-28-12-11-27(17-29(28)22-38)20-37-15-13-36-14-16-37)32(40-23-25-7-3-1-4-8-25)19-33(31)41-24-26-9-5-2-6-10-26/h1-12,17-19,36H,13-16,20-24H2. The number of amides is 1. The highest BCUT2D eigenvalue weighted by Crippen LogP contribution is 2.36. The fourth-order valence-electron chi connectivity index (χ4n) is 5.39. The number of rotatable bonds is 9. The number of nitrogens with one attached hydrogen (secondary N) is 1. The number of benzene rings is 4. The topological polar surface area (TPSA) is 54.0 Å². The first kappa shape index (κ1) is 27.3. The van der Waals surface area contributed by atoms with E-state index in [0.717, 1.165) is 43.9 Å². The van der Waals surface area contributed by atoms with E-state index in [1.807, 2.05) is 65.6 Å². The highest BCUT2D eigenvalue weighted by molar-refractivity contribution is 6.32. The summed E-state index contributed by atoms with van der Waals surface area (Å²) in [5.41, 5.74) is 6.15. The number of hydrogen-bond acceptors (Lipinski definition) is 5. The van der Waals surface area contributed by atoms with Gasteiger partial charge in [0.2, 0.25) is 0 Å². The van der Waals surface area contributed by atoms with Gasteiger partial charge >= 0.3 is 0 Å². The van der Waals surface area contributed by atoms with Crippen LogP contribution in [0.4, 0.5) is 0 Å². The smallest absolute Gasteiger partial charge is 0.258 e. The van der Waals surface area contributed by atoms with Gasteiger partial charge in [0.25, 0.3) is 5.91 Å². The minimum Gasteiger partial charge on any atom is -0.488 e. The summed E-state index contributed by atoms with van der Waals surface area (Å²) in [4.78, 5) is 18.3. The number of ether oxygens (including phenoxy) is 2. The molecule has 6 rings (SSSR count). The molecule has 0 aromatic heterocycles. The Kier molecular flexibility index (Phi) is 8.52. The number of fused-ring (bicyclic) bond motifs is 1. The third kappa shape index (κ3) is 6.73. The highest BCUT2D eigenvalue weighted by Gasteiger charge is 2.28. The van der Waals surface area contributed by atoms with Crippen LogP contribution in [0.15, 0.2) is 91.0 Å². The van der Waals surface area contributed by atoms with Crippen LogP contribution in [0.25, 0.3) is 0 Å². The summed E-state index contributed by atoms with van der Waals surface area (Å²) in [6.07, 6.45) is 0. The number of halogens is 1. The maximum Gasteiger partial charge on any atom is 0.258 e. The lowest BCUT2D eigenvalue weighted by atomic mass is 10.1. The maximum absolute atomic E-state index is 13.9. The van der Waals surface area contributed by atoms with E-state index in [1.54, 1.807) is 12.1 Å². The Labute approximate surface area is 246 Å². The maximum atomic E-state index is 13.9. The van der Waals surface area contributed by atoms with Gasteiger partial charge in [-0.2, -0.15) is 0 Å². The molecule has 0 saturated carbocycles. The second kappa shape index (κ2) is 12.8. The molecular formula is C34H34ClN3O3. The van der Waals surface area contributed by atoms with Gasteiger partial charge in [-0.1, -0.05) is 90.5 Å². The van der Waals surface area contributed by atoms with E-state index in [1.165, 1.54) is 16.7 Å². The number of hydrogen-bond donors (Lipinski definition) is 1. The molecule has 2 aliphatic heterocycles. The van der Waals surface area contributed by atoms with Crippen LogP contribution in [0.3, 0.4) is 0 Å². The van der Waals surface area contributed by atoms with Gasteiger partial charge in [-0.3, -0.25) is 9.69 Å².